The van der Waals surface area contributed by atoms with E-state index in [1.165, 1.54) is 0 Å². The first-order chi connectivity index (χ1) is 17.7. The van der Waals surface area contributed by atoms with Gasteiger partial charge in [-0.3, -0.25) is 0 Å². The van der Waals surface area contributed by atoms with Crippen molar-refractivity contribution >= 4 is 61.0 Å². The number of hydrogen-bond acceptors (Lipinski definition) is 6. The molecule has 0 amide bonds. The van der Waals surface area contributed by atoms with E-state index in [1.54, 1.807) is 9.36 Å². The molecule has 0 saturated heterocycles. The van der Waals surface area contributed by atoms with Gasteiger partial charge in [-0.1, -0.05) is 64.5 Å². The van der Waals surface area contributed by atoms with Crippen LogP contribution in [-0.2, 0) is 0 Å². The molecular weight excluding hydrogens is 516 g/mol. The lowest BCUT2D eigenvalue weighted by Crippen LogP contribution is -2.31. The molecule has 0 aliphatic carbocycles. The van der Waals surface area contributed by atoms with Gasteiger partial charge in [0.2, 0.25) is 11.7 Å². The third-order valence-electron chi connectivity index (χ3n) is 5.65. The van der Waals surface area contributed by atoms with Crippen LogP contribution in [0.4, 0.5) is 11.4 Å². The van der Waals surface area contributed by atoms with Crippen LogP contribution in [0, 0.1) is 6.92 Å². The van der Waals surface area contributed by atoms with Gasteiger partial charge in [-0.15, -0.1) is 10.2 Å². The molecule has 0 fully saturated rings. The van der Waals surface area contributed by atoms with Gasteiger partial charge < -0.3 is 0 Å². The van der Waals surface area contributed by atoms with E-state index in [1.807, 2.05) is 104 Å². The molecule has 2 aromatic heterocycles. The van der Waals surface area contributed by atoms with Crippen molar-refractivity contribution in [1.29, 1.82) is 0 Å². The lowest BCUT2D eigenvalue weighted by Gasteiger charge is -2.12. The minimum Gasteiger partial charge on any atom is -0.226 e. The van der Waals surface area contributed by atoms with Crippen LogP contribution in [0.5, 0.6) is 0 Å². The monoisotopic (exact) mass is 534 g/mol. The average Bonchev–Trinajstić information content (AvgIpc) is 3.53. The molecule has 6 aromatic rings. The highest BCUT2D eigenvalue weighted by Gasteiger charge is 2.22. The fraction of sp³-hybridized carbons (Fsp3) is 0.0370. The first kappa shape index (κ1) is 22.0. The molecule has 0 N–H and O–H groups in total. The Kier molecular flexibility index (Phi) is 5.67. The number of rotatable bonds is 2. The molecule has 4 aromatic carbocycles. The summed E-state index contributed by atoms with van der Waals surface area (Å²) in [6, 6.07) is 31.2. The van der Waals surface area contributed by atoms with Gasteiger partial charge in [0.1, 0.15) is 11.0 Å². The zero-order chi connectivity index (χ0) is 24.5. The van der Waals surface area contributed by atoms with Crippen LogP contribution in [0.2, 0.25) is 0 Å². The molecule has 0 aliphatic heterocycles. The highest BCUT2D eigenvalue weighted by Crippen LogP contribution is 2.26. The Bertz CT molecular complexity index is 1760. The van der Waals surface area contributed by atoms with Crippen molar-refractivity contribution in [1.82, 2.24) is 30.0 Å². The Morgan fingerprint density at radius 1 is 0.639 bits per heavy atom. The van der Waals surface area contributed by atoms with Gasteiger partial charge in [-0.05, 0) is 71.4 Å². The molecular formula is C27H19BrN8. The van der Waals surface area contributed by atoms with Crippen molar-refractivity contribution < 1.29 is 0 Å². The van der Waals surface area contributed by atoms with Crippen LogP contribution < -0.4 is 0 Å². The highest BCUT2D eigenvalue weighted by atomic mass is 79.9. The minimum atomic E-state index is 0.451. The second-order valence-corrected chi connectivity index (χ2v) is 8.99. The molecule has 0 aliphatic rings. The van der Waals surface area contributed by atoms with Gasteiger partial charge in [-0.2, -0.15) is 9.36 Å². The van der Waals surface area contributed by atoms with Gasteiger partial charge in [0.05, 0.1) is 22.4 Å². The normalized spacial score (nSPS) is 12.5. The van der Waals surface area contributed by atoms with E-state index in [9.17, 15) is 0 Å². The molecule has 36 heavy (non-hydrogen) atoms. The maximum atomic E-state index is 5.04. The smallest absolute Gasteiger partial charge is 0.201 e. The molecule has 6 rings (SSSR count). The number of hydrogen-bond donors (Lipinski definition) is 0. The summed E-state index contributed by atoms with van der Waals surface area (Å²) < 4.78 is 4.23. The molecule has 9 heteroatoms. The molecule has 0 bridgehead atoms. The number of nitrogens with zero attached hydrogens (tertiary/aromatic N) is 8. The summed E-state index contributed by atoms with van der Waals surface area (Å²) in [5, 5.41) is 17.7. The summed E-state index contributed by atoms with van der Waals surface area (Å²) in [6.45, 7) is 2.04. The van der Waals surface area contributed by atoms with Crippen LogP contribution in [0.15, 0.2) is 112 Å². The molecule has 0 spiro atoms. The minimum absolute atomic E-state index is 0.451. The zero-order valence-corrected chi connectivity index (χ0v) is 20.8. The predicted molar refractivity (Wildman–Crippen MR) is 145 cm³/mol. The Labute approximate surface area is 214 Å². The maximum Gasteiger partial charge on any atom is 0.201 e. The Morgan fingerprint density at radius 2 is 1.17 bits per heavy atom. The van der Waals surface area contributed by atoms with E-state index in [0.29, 0.717) is 17.4 Å². The summed E-state index contributed by atoms with van der Waals surface area (Å²) >= 11 is 3.62. The van der Waals surface area contributed by atoms with Gasteiger partial charge in [0.25, 0.3) is 0 Å². The van der Waals surface area contributed by atoms with E-state index in [-0.39, 0.29) is 0 Å². The number of para-hydroxylation sites is 3. The Hall–Kier alpha value is -4.50. The van der Waals surface area contributed by atoms with Crippen LogP contribution in [-0.4, -0.2) is 41.7 Å². The fourth-order valence-electron chi connectivity index (χ4n) is 3.83. The SMILES string of the molecule is Cc1ccc(N=C(C(=Nc2ccccc2Br)n2nnc3ccccc32)n2nnc3ccccc32)cc1. The van der Waals surface area contributed by atoms with Crippen LogP contribution >= 0.6 is 15.9 Å². The zero-order valence-electron chi connectivity index (χ0n) is 19.2. The van der Waals surface area contributed by atoms with Crippen molar-refractivity contribution in [2.24, 2.45) is 9.98 Å². The standard InChI is InChI=1S/C27H19BrN8/c1-18-14-16-19(17-15-18)29-26(35-24-12-6-4-10-22(24)31-33-35)27(30-21-9-3-2-8-20(21)28)36-25-13-7-5-11-23(25)32-34-36/h2-17H,1H3. The molecule has 8 nitrogen and oxygen atoms in total. The summed E-state index contributed by atoms with van der Waals surface area (Å²) in [5.74, 6) is 0.908. The average molecular weight is 535 g/mol. The predicted octanol–water partition coefficient (Wildman–Crippen LogP) is 6.10. The first-order valence-corrected chi connectivity index (χ1v) is 12.1. The lowest BCUT2D eigenvalue weighted by molar-refractivity contribution is 0.840. The fourth-order valence-corrected chi connectivity index (χ4v) is 4.21. The van der Waals surface area contributed by atoms with Crippen molar-refractivity contribution in [2.75, 3.05) is 0 Å². The molecule has 0 saturated carbocycles. The van der Waals surface area contributed by atoms with Crippen LogP contribution in [0.1, 0.15) is 5.56 Å². The van der Waals surface area contributed by atoms with Gasteiger partial charge in [0, 0.05) is 4.47 Å². The first-order valence-electron chi connectivity index (χ1n) is 11.3. The van der Waals surface area contributed by atoms with Gasteiger partial charge in [0.15, 0.2) is 0 Å². The number of aryl methyl sites for hydroxylation is 1. The third-order valence-corrected chi connectivity index (χ3v) is 6.32. The third kappa shape index (κ3) is 4.09. The number of halogens is 1. The second-order valence-electron chi connectivity index (χ2n) is 8.14. The molecule has 0 unspecified atom stereocenters. The molecule has 0 radical (unpaired) electrons. The van der Waals surface area contributed by atoms with Crippen molar-refractivity contribution in [3.05, 3.63) is 107 Å². The van der Waals surface area contributed by atoms with E-state index in [2.05, 4.69) is 36.6 Å². The second kappa shape index (κ2) is 9.27. The van der Waals surface area contributed by atoms with Crippen molar-refractivity contribution in [3.63, 3.8) is 0 Å². The largest absolute Gasteiger partial charge is 0.226 e. The summed E-state index contributed by atoms with van der Waals surface area (Å²) in [6.07, 6.45) is 0. The summed E-state index contributed by atoms with van der Waals surface area (Å²) in [5.41, 5.74) is 5.70. The number of benzene rings is 4. The molecule has 0 atom stereocenters. The van der Waals surface area contributed by atoms with Gasteiger partial charge >= 0.3 is 0 Å². The number of fused-ring (bicyclic) bond motifs is 2. The molecule has 174 valence electrons. The van der Waals surface area contributed by atoms with Crippen molar-refractivity contribution in [3.8, 4) is 0 Å². The van der Waals surface area contributed by atoms with Gasteiger partial charge in [-0.25, -0.2) is 9.98 Å². The quantitative estimate of drug-likeness (QED) is 0.198. The van der Waals surface area contributed by atoms with Crippen LogP contribution in [0.25, 0.3) is 22.1 Å². The maximum absolute atomic E-state index is 5.04. The van der Waals surface area contributed by atoms with Crippen molar-refractivity contribution in [2.45, 2.75) is 6.92 Å². The van der Waals surface area contributed by atoms with Crippen LogP contribution in [0.3, 0.4) is 0 Å². The van der Waals surface area contributed by atoms with E-state index < -0.39 is 0 Å². The Morgan fingerprint density at radius 3 is 1.78 bits per heavy atom. The molecule has 2 heterocycles. The number of aromatic nitrogens is 6. The van der Waals surface area contributed by atoms with E-state index in [0.717, 1.165) is 37.8 Å². The summed E-state index contributed by atoms with van der Waals surface area (Å²) in [7, 11) is 0. The highest BCUT2D eigenvalue weighted by molar-refractivity contribution is 9.10. The Balaban J connectivity index is 1.68. The van der Waals surface area contributed by atoms with E-state index in [4.69, 9.17) is 9.98 Å². The lowest BCUT2D eigenvalue weighted by atomic mass is 10.2. The topological polar surface area (TPSA) is 86.1 Å². The van der Waals surface area contributed by atoms with E-state index >= 15 is 0 Å². The number of aliphatic imine (C=N–C) groups is 2. The summed E-state index contributed by atoms with van der Waals surface area (Å²) in [4.78, 5) is 10.1.